The van der Waals surface area contributed by atoms with Gasteiger partial charge in [0.25, 0.3) is 0 Å². The average Bonchev–Trinajstić information content (AvgIpc) is 1.98. The van der Waals surface area contributed by atoms with E-state index in [2.05, 4.69) is 0 Å². The molecule has 0 spiro atoms. The molecular formula is C9H11F2NO. The molecule has 3 N–H and O–H groups in total. The number of benzene rings is 1. The lowest BCUT2D eigenvalue weighted by Crippen LogP contribution is -2.06. The number of hydrogen-bond donors (Lipinski definition) is 2. The number of halogens is 2. The average molecular weight is 187 g/mol. The topological polar surface area (TPSA) is 46.2 Å². The molecule has 0 saturated heterocycles. The monoisotopic (exact) mass is 187 g/mol. The third kappa shape index (κ3) is 2.39. The quantitative estimate of drug-likeness (QED) is 0.689. The van der Waals surface area contributed by atoms with Gasteiger partial charge in [0.2, 0.25) is 0 Å². The summed E-state index contributed by atoms with van der Waals surface area (Å²) in [5.41, 5.74) is 5.47. The zero-order valence-corrected chi connectivity index (χ0v) is 7.22. The van der Waals surface area contributed by atoms with Crippen LogP contribution in [0.1, 0.15) is 12.5 Å². The summed E-state index contributed by atoms with van der Waals surface area (Å²) < 4.78 is 25.4. The number of aliphatic hydroxyl groups is 1. The van der Waals surface area contributed by atoms with E-state index in [1.807, 2.05) is 0 Å². The van der Waals surface area contributed by atoms with Crippen LogP contribution in [-0.4, -0.2) is 11.2 Å². The van der Waals surface area contributed by atoms with Gasteiger partial charge in [-0.05, 0) is 31.0 Å². The fourth-order valence-corrected chi connectivity index (χ4v) is 1.13. The highest BCUT2D eigenvalue weighted by molar-refractivity contribution is 5.43. The predicted octanol–water partition coefficient (Wildman–Crippen LogP) is 1.47. The van der Waals surface area contributed by atoms with E-state index in [1.54, 1.807) is 6.92 Å². The Balaban J connectivity index is 2.99. The first-order chi connectivity index (χ1) is 6.00. The van der Waals surface area contributed by atoms with E-state index in [0.717, 1.165) is 6.07 Å². The minimum Gasteiger partial charge on any atom is -0.396 e. The smallest absolute Gasteiger partial charge is 0.181 e. The van der Waals surface area contributed by atoms with Crippen molar-refractivity contribution in [2.45, 2.75) is 19.4 Å². The Morgan fingerprint density at radius 1 is 1.46 bits per heavy atom. The van der Waals surface area contributed by atoms with E-state index in [0.29, 0.717) is 5.56 Å². The Morgan fingerprint density at radius 2 is 2.08 bits per heavy atom. The molecule has 0 saturated carbocycles. The fourth-order valence-electron chi connectivity index (χ4n) is 1.13. The van der Waals surface area contributed by atoms with Crippen molar-refractivity contribution < 1.29 is 13.9 Å². The number of aliphatic hydroxyl groups excluding tert-OH is 1. The summed E-state index contributed by atoms with van der Waals surface area (Å²) in [6.45, 7) is 1.57. The van der Waals surface area contributed by atoms with Crippen molar-refractivity contribution in [2.75, 3.05) is 5.73 Å². The van der Waals surface area contributed by atoms with E-state index >= 15 is 0 Å². The first kappa shape index (κ1) is 9.92. The number of rotatable bonds is 2. The van der Waals surface area contributed by atoms with Crippen LogP contribution in [0.5, 0.6) is 0 Å². The molecule has 13 heavy (non-hydrogen) atoms. The van der Waals surface area contributed by atoms with E-state index < -0.39 is 17.7 Å². The highest BCUT2D eigenvalue weighted by atomic mass is 19.2. The second kappa shape index (κ2) is 3.70. The van der Waals surface area contributed by atoms with Crippen LogP contribution in [0.3, 0.4) is 0 Å². The summed E-state index contributed by atoms with van der Waals surface area (Å²) >= 11 is 0. The van der Waals surface area contributed by atoms with Gasteiger partial charge in [-0.15, -0.1) is 0 Å². The molecule has 0 aliphatic rings. The third-order valence-electron chi connectivity index (χ3n) is 1.65. The number of nitrogen functional groups attached to an aromatic ring is 1. The van der Waals surface area contributed by atoms with Crippen molar-refractivity contribution in [3.63, 3.8) is 0 Å². The molecule has 1 aromatic rings. The standard InChI is InChI=1S/C9H11F2NO/c1-5(13)2-6-3-7(10)9(11)8(12)4-6/h3-5,13H,2,12H2,1H3. The molecule has 0 radical (unpaired) electrons. The summed E-state index contributed by atoms with van der Waals surface area (Å²) in [6, 6.07) is 2.36. The van der Waals surface area contributed by atoms with Crippen LogP contribution >= 0.6 is 0 Å². The van der Waals surface area contributed by atoms with Crippen LogP contribution in [0.15, 0.2) is 12.1 Å². The Hall–Kier alpha value is -1.16. The van der Waals surface area contributed by atoms with Crippen LogP contribution in [-0.2, 0) is 6.42 Å². The molecule has 0 fully saturated rings. The molecule has 0 bridgehead atoms. The lowest BCUT2D eigenvalue weighted by molar-refractivity contribution is 0.195. The van der Waals surface area contributed by atoms with Gasteiger partial charge in [-0.2, -0.15) is 0 Å². The normalized spacial score (nSPS) is 12.9. The zero-order valence-electron chi connectivity index (χ0n) is 7.22. The van der Waals surface area contributed by atoms with Gasteiger partial charge in [0.1, 0.15) is 0 Å². The van der Waals surface area contributed by atoms with Crippen molar-refractivity contribution >= 4 is 5.69 Å². The first-order valence-corrected chi connectivity index (χ1v) is 3.92. The Bertz CT molecular complexity index is 289. The highest BCUT2D eigenvalue weighted by Crippen LogP contribution is 2.17. The lowest BCUT2D eigenvalue weighted by Gasteiger charge is -2.06. The van der Waals surface area contributed by atoms with Crippen LogP contribution < -0.4 is 5.73 Å². The van der Waals surface area contributed by atoms with Gasteiger partial charge in [-0.25, -0.2) is 8.78 Å². The summed E-state index contributed by atoms with van der Waals surface area (Å²) in [6.07, 6.45) is -0.328. The van der Waals surface area contributed by atoms with Gasteiger partial charge in [0, 0.05) is 0 Å². The number of nitrogens with two attached hydrogens (primary N) is 1. The first-order valence-electron chi connectivity index (χ1n) is 3.92. The molecule has 72 valence electrons. The van der Waals surface area contributed by atoms with Crippen molar-refractivity contribution in [1.82, 2.24) is 0 Å². The van der Waals surface area contributed by atoms with Crippen molar-refractivity contribution in [2.24, 2.45) is 0 Å². The van der Waals surface area contributed by atoms with Crippen molar-refractivity contribution in [1.29, 1.82) is 0 Å². The molecule has 1 aromatic carbocycles. The maximum atomic E-state index is 12.8. The van der Waals surface area contributed by atoms with Gasteiger partial charge in [-0.3, -0.25) is 0 Å². The number of hydrogen-bond acceptors (Lipinski definition) is 2. The molecule has 1 rings (SSSR count). The molecule has 1 atom stereocenters. The van der Waals surface area contributed by atoms with Crippen LogP contribution in [0.2, 0.25) is 0 Å². The largest absolute Gasteiger partial charge is 0.396 e. The van der Waals surface area contributed by atoms with Crippen LogP contribution in [0.4, 0.5) is 14.5 Å². The number of anilines is 1. The van der Waals surface area contributed by atoms with Gasteiger partial charge >= 0.3 is 0 Å². The molecule has 2 nitrogen and oxygen atoms in total. The Kier molecular flexibility index (Phi) is 2.83. The Morgan fingerprint density at radius 3 is 2.54 bits per heavy atom. The minimum atomic E-state index is -1.03. The summed E-state index contributed by atoms with van der Waals surface area (Å²) in [5, 5.41) is 9.00. The highest BCUT2D eigenvalue weighted by Gasteiger charge is 2.09. The predicted molar refractivity (Wildman–Crippen MR) is 46.2 cm³/mol. The van der Waals surface area contributed by atoms with E-state index in [9.17, 15) is 8.78 Å². The lowest BCUT2D eigenvalue weighted by atomic mass is 10.1. The van der Waals surface area contributed by atoms with Crippen LogP contribution in [0.25, 0.3) is 0 Å². The second-order valence-corrected chi connectivity index (χ2v) is 3.03. The van der Waals surface area contributed by atoms with Crippen LogP contribution in [0, 0.1) is 11.6 Å². The summed E-state index contributed by atoms with van der Waals surface area (Å²) in [5.74, 6) is -2.01. The van der Waals surface area contributed by atoms with E-state index in [4.69, 9.17) is 10.8 Å². The molecule has 0 heterocycles. The summed E-state index contributed by atoms with van der Waals surface area (Å²) in [4.78, 5) is 0. The molecule has 1 unspecified atom stereocenters. The van der Waals surface area contributed by atoms with E-state index in [-0.39, 0.29) is 12.1 Å². The summed E-state index contributed by atoms with van der Waals surface area (Å²) in [7, 11) is 0. The SMILES string of the molecule is CC(O)Cc1cc(N)c(F)c(F)c1. The molecule has 0 amide bonds. The maximum absolute atomic E-state index is 12.8. The Labute approximate surface area is 75.0 Å². The maximum Gasteiger partial charge on any atom is 0.181 e. The fraction of sp³-hybridized carbons (Fsp3) is 0.333. The molecule has 0 aliphatic carbocycles. The van der Waals surface area contributed by atoms with Gasteiger partial charge in [0.05, 0.1) is 11.8 Å². The van der Waals surface area contributed by atoms with E-state index in [1.165, 1.54) is 6.07 Å². The van der Waals surface area contributed by atoms with Crippen molar-refractivity contribution in [3.8, 4) is 0 Å². The van der Waals surface area contributed by atoms with Gasteiger partial charge in [-0.1, -0.05) is 0 Å². The van der Waals surface area contributed by atoms with Gasteiger partial charge in [0.15, 0.2) is 11.6 Å². The van der Waals surface area contributed by atoms with Crippen molar-refractivity contribution in [3.05, 3.63) is 29.3 Å². The molecular weight excluding hydrogens is 176 g/mol. The third-order valence-corrected chi connectivity index (χ3v) is 1.65. The molecule has 0 aliphatic heterocycles. The second-order valence-electron chi connectivity index (χ2n) is 3.03. The minimum absolute atomic E-state index is 0.226. The molecule has 4 heteroatoms. The zero-order chi connectivity index (χ0) is 10.0. The van der Waals surface area contributed by atoms with Gasteiger partial charge < -0.3 is 10.8 Å². The molecule has 0 aromatic heterocycles.